The van der Waals surface area contributed by atoms with Crippen LogP contribution in [0.15, 0.2) is 53.7 Å². The van der Waals surface area contributed by atoms with Gasteiger partial charge in [-0.15, -0.1) is 12.4 Å². The maximum Gasteiger partial charge on any atom is 0.243 e. The highest BCUT2D eigenvalue weighted by Crippen LogP contribution is 2.29. The molecule has 3 rings (SSSR count). The Morgan fingerprint density at radius 3 is 2.81 bits per heavy atom. The summed E-state index contributed by atoms with van der Waals surface area (Å²) in [5, 5.41) is 3.24. The van der Waals surface area contributed by atoms with Crippen molar-refractivity contribution in [2.24, 2.45) is 0 Å². The van der Waals surface area contributed by atoms with Crippen LogP contribution < -0.4 is 5.32 Å². The number of hydrogen-bond acceptors (Lipinski definition) is 5. The van der Waals surface area contributed by atoms with Gasteiger partial charge >= 0.3 is 0 Å². The number of rotatable bonds is 5. The average Bonchev–Trinajstić information content (AvgIpc) is 2.68. The smallest absolute Gasteiger partial charge is 0.243 e. The van der Waals surface area contributed by atoms with Gasteiger partial charge in [0.2, 0.25) is 10.0 Å². The summed E-state index contributed by atoms with van der Waals surface area (Å²) < 4.78 is 27.9. The van der Waals surface area contributed by atoms with Crippen molar-refractivity contribution in [1.82, 2.24) is 14.6 Å². The molecule has 26 heavy (non-hydrogen) atoms. The first-order valence-corrected chi connectivity index (χ1v) is 9.74. The van der Waals surface area contributed by atoms with Gasteiger partial charge in [0.25, 0.3) is 0 Å². The molecule has 1 aliphatic rings. The maximum atomic E-state index is 13.2. The number of nitrogens with one attached hydrogen (secondary N) is 1. The first kappa shape index (κ1) is 20.5. The molecular weight excluding hydrogens is 374 g/mol. The van der Waals surface area contributed by atoms with E-state index >= 15 is 0 Å². The van der Waals surface area contributed by atoms with E-state index in [0.29, 0.717) is 31.6 Å². The molecule has 1 aliphatic heterocycles. The summed E-state index contributed by atoms with van der Waals surface area (Å²) in [6.07, 6.45) is 3.70. The van der Waals surface area contributed by atoms with Gasteiger partial charge in [-0.3, -0.25) is 9.78 Å². The number of sulfonamides is 1. The third kappa shape index (κ3) is 4.12. The van der Waals surface area contributed by atoms with Crippen molar-refractivity contribution in [3.8, 4) is 0 Å². The lowest BCUT2D eigenvalue weighted by Crippen LogP contribution is -2.48. The van der Waals surface area contributed by atoms with Crippen molar-refractivity contribution in [2.45, 2.75) is 24.3 Å². The van der Waals surface area contributed by atoms with Crippen LogP contribution in [-0.2, 0) is 10.0 Å². The Balaban J connectivity index is 0.00000243. The summed E-state index contributed by atoms with van der Waals surface area (Å²) in [6.45, 7) is 3.24. The number of Topliss-reactive ketones (excluding diaryl/α,β-unsaturated/α-hetero) is 1. The molecule has 0 aliphatic carbocycles. The largest absolute Gasteiger partial charge is 0.313 e. The predicted molar refractivity (Wildman–Crippen MR) is 102 cm³/mol. The van der Waals surface area contributed by atoms with E-state index in [2.05, 4.69) is 10.3 Å². The first-order chi connectivity index (χ1) is 12.0. The van der Waals surface area contributed by atoms with E-state index in [0.717, 1.165) is 5.56 Å². The molecule has 0 spiro atoms. The summed E-state index contributed by atoms with van der Waals surface area (Å²) in [5.74, 6) is -0.0684. The lowest BCUT2D eigenvalue weighted by Gasteiger charge is -2.35. The number of ketones is 1. The third-order valence-electron chi connectivity index (χ3n) is 4.35. The average molecular weight is 396 g/mol. The van der Waals surface area contributed by atoms with Gasteiger partial charge in [0.15, 0.2) is 5.78 Å². The van der Waals surface area contributed by atoms with Gasteiger partial charge in [0, 0.05) is 44.0 Å². The topological polar surface area (TPSA) is 79.4 Å². The molecule has 0 saturated carbocycles. The van der Waals surface area contributed by atoms with Crippen LogP contribution in [-0.4, -0.2) is 43.1 Å². The zero-order chi connectivity index (χ0) is 17.9. The molecule has 2 aromatic rings. The first-order valence-electron chi connectivity index (χ1n) is 8.30. The van der Waals surface area contributed by atoms with Gasteiger partial charge in [0.05, 0.1) is 10.9 Å². The molecule has 1 atom stereocenters. The number of aromatic nitrogens is 1. The molecule has 1 aromatic carbocycles. The molecule has 2 heterocycles. The van der Waals surface area contributed by atoms with Gasteiger partial charge in [-0.2, -0.15) is 4.31 Å². The highest BCUT2D eigenvalue weighted by Gasteiger charge is 2.34. The van der Waals surface area contributed by atoms with E-state index in [1.807, 2.05) is 6.07 Å². The molecule has 1 unspecified atom stereocenters. The van der Waals surface area contributed by atoms with Crippen LogP contribution in [0.25, 0.3) is 0 Å². The number of halogens is 1. The Labute approximate surface area is 160 Å². The highest BCUT2D eigenvalue weighted by molar-refractivity contribution is 7.89. The molecule has 0 radical (unpaired) electrons. The highest BCUT2D eigenvalue weighted by atomic mass is 35.5. The van der Waals surface area contributed by atoms with E-state index < -0.39 is 10.0 Å². The number of carbonyl (C=O) groups is 1. The summed E-state index contributed by atoms with van der Waals surface area (Å²) in [4.78, 5) is 16.2. The second-order valence-electron chi connectivity index (χ2n) is 5.93. The van der Waals surface area contributed by atoms with Crippen LogP contribution in [0.4, 0.5) is 0 Å². The van der Waals surface area contributed by atoms with Crippen molar-refractivity contribution in [3.05, 3.63) is 59.9 Å². The van der Waals surface area contributed by atoms with Crippen molar-refractivity contribution in [1.29, 1.82) is 0 Å². The fourth-order valence-electron chi connectivity index (χ4n) is 3.00. The standard InChI is InChI=1S/C18H21N3O3S.ClH/c1-2-18(22)14-5-3-7-16(11-14)25(23,24)21-10-9-20-13-17(21)15-6-4-8-19-12-15;/h3-8,11-12,17,20H,2,9-10,13H2,1H3;1H. The van der Waals surface area contributed by atoms with Crippen LogP contribution in [0.1, 0.15) is 35.3 Å². The van der Waals surface area contributed by atoms with Crippen LogP contribution in [0.5, 0.6) is 0 Å². The Kier molecular flexibility index (Phi) is 6.88. The Bertz CT molecular complexity index is 859. The number of carbonyl (C=O) groups excluding carboxylic acids is 1. The van der Waals surface area contributed by atoms with E-state index in [4.69, 9.17) is 0 Å². The molecule has 1 fully saturated rings. The normalized spacial score (nSPS) is 18.1. The van der Waals surface area contributed by atoms with Crippen LogP contribution in [0.2, 0.25) is 0 Å². The SMILES string of the molecule is CCC(=O)c1cccc(S(=O)(=O)N2CCNCC2c2cccnc2)c1.Cl. The molecule has 1 N–H and O–H groups in total. The minimum Gasteiger partial charge on any atom is -0.313 e. The summed E-state index contributed by atoms with van der Waals surface area (Å²) >= 11 is 0. The van der Waals surface area contributed by atoms with Gasteiger partial charge in [0.1, 0.15) is 0 Å². The third-order valence-corrected chi connectivity index (χ3v) is 6.25. The molecule has 8 heteroatoms. The Morgan fingerprint density at radius 1 is 1.31 bits per heavy atom. The van der Waals surface area contributed by atoms with E-state index in [1.54, 1.807) is 43.6 Å². The monoisotopic (exact) mass is 395 g/mol. The molecule has 0 amide bonds. The summed E-state index contributed by atoms with van der Waals surface area (Å²) in [7, 11) is -3.71. The Hall–Kier alpha value is -1.80. The number of piperazine rings is 1. The van der Waals surface area contributed by atoms with E-state index in [9.17, 15) is 13.2 Å². The van der Waals surface area contributed by atoms with E-state index in [1.165, 1.54) is 10.4 Å². The van der Waals surface area contributed by atoms with Gasteiger partial charge in [-0.1, -0.05) is 25.1 Å². The van der Waals surface area contributed by atoms with Crippen LogP contribution >= 0.6 is 12.4 Å². The van der Waals surface area contributed by atoms with Crippen LogP contribution in [0.3, 0.4) is 0 Å². The Morgan fingerprint density at radius 2 is 2.12 bits per heavy atom. The zero-order valence-corrected chi connectivity index (χ0v) is 16.1. The molecular formula is C18H22ClN3O3S. The number of pyridine rings is 1. The second kappa shape index (κ2) is 8.73. The fraction of sp³-hybridized carbons (Fsp3) is 0.333. The molecule has 6 nitrogen and oxygen atoms in total. The summed E-state index contributed by atoms with van der Waals surface area (Å²) in [5.41, 5.74) is 1.27. The molecule has 1 saturated heterocycles. The van der Waals surface area contributed by atoms with Gasteiger partial charge in [-0.05, 0) is 23.8 Å². The molecule has 0 bridgehead atoms. The molecule has 140 valence electrons. The van der Waals surface area contributed by atoms with E-state index in [-0.39, 0.29) is 29.1 Å². The summed E-state index contributed by atoms with van der Waals surface area (Å²) in [6, 6.07) is 9.66. The van der Waals surface area contributed by atoms with Gasteiger partial charge in [-0.25, -0.2) is 8.42 Å². The quantitative estimate of drug-likeness (QED) is 0.786. The number of nitrogens with zero attached hydrogens (tertiary/aromatic N) is 2. The fourth-order valence-corrected chi connectivity index (χ4v) is 4.66. The predicted octanol–water partition coefficient (Wildman–Crippen LogP) is 2.43. The molecule has 1 aromatic heterocycles. The van der Waals surface area contributed by atoms with Gasteiger partial charge < -0.3 is 5.32 Å². The lowest BCUT2D eigenvalue weighted by atomic mass is 10.1. The number of benzene rings is 1. The van der Waals surface area contributed by atoms with Crippen LogP contribution in [0, 0.1) is 0 Å². The zero-order valence-electron chi connectivity index (χ0n) is 14.5. The van der Waals surface area contributed by atoms with Crippen molar-refractivity contribution >= 4 is 28.2 Å². The lowest BCUT2D eigenvalue weighted by molar-refractivity contribution is 0.0988. The minimum absolute atomic E-state index is 0. The maximum absolute atomic E-state index is 13.2. The number of hydrogen-bond donors (Lipinski definition) is 1. The van der Waals surface area contributed by atoms with Crippen molar-refractivity contribution in [3.63, 3.8) is 0 Å². The van der Waals surface area contributed by atoms with Crippen molar-refractivity contribution in [2.75, 3.05) is 19.6 Å². The van der Waals surface area contributed by atoms with Crippen molar-refractivity contribution < 1.29 is 13.2 Å². The minimum atomic E-state index is -3.71. The second-order valence-corrected chi connectivity index (χ2v) is 7.82.